The van der Waals surface area contributed by atoms with Crippen LogP contribution in [0.1, 0.15) is 38.5 Å². The highest BCUT2D eigenvalue weighted by molar-refractivity contribution is 5.80. The maximum absolute atomic E-state index is 11.4. The molecular weight excluding hydrogens is 226 g/mol. The van der Waals surface area contributed by atoms with Gasteiger partial charge >= 0.3 is 0 Å². The van der Waals surface area contributed by atoms with Crippen LogP contribution in [0.5, 0.6) is 0 Å². The average Bonchev–Trinajstić information content (AvgIpc) is 2.65. The summed E-state index contributed by atoms with van der Waals surface area (Å²) < 4.78 is 0. The number of hydrogen-bond acceptors (Lipinski definition) is 3. The zero-order valence-electron chi connectivity index (χ0n) is 11.3. The van der Waals surface area contributed by atoms with E-state index in [9.17, 15) is 4.79 Å². The fraction of sp³-hybridized carbons (Fsp3) is 0.857. The van der Waals surface area contributed by atoms with Crippen molar-refractivity contribution in [2.24, 2.45) is 5.73 Å². The van der Waals surface area contributed by atoms with Crippen LogP contribution in [0, 0.1) is 6.42 Å². The Kier molecular flexibility index (Phi) is 5.45. The van der Waals surface area contributed by atoms with Gasteiger partial charge in [-0.05, 0) is 51.7 Å². The Morgan fingerprint density at radius 2 is 1.83 bits per heavy atom. The van der Waals surface area contributed by atoms with Gasteiger partial charge in [0.2, 0.25) is 5.91 Å². The molecule has 2 rings (SSSR count). The maximum Gasteiger partial charge on any atom is 0.234 e. The number of primary amides is 1. The van der Waals surface area contributed by atoms with Crippen LogP contribution in [-0.4, -0.2) is 54.5 Å². The molecule has 2 aliphatic rings. The molecule has 0 aliphatic carbocycles. The van der Waals surface area contributed by atoms with E-state index in [-0.39, 0.29) is 11.9 Å². The number of rotatable bonds is 4. The molecule has 4 heteroatoms. The van der Waals surface area contributed by atoms with Crippen molar-refractivity contribution >= 4 is 5.91 Å². The van der Waals surface area contributed by atoms with Crippen LogP contribution in [0.25, 0.3) is 0 Å². The number of hydrogen-bond donors (Lipinski definition) is 1. The van der Waals surface area contributed by atoms with Gasteiger partial charge in [-0.15, -0.1) is 0 Å². The molecule has 0 aromatic rings. The molecule has 2 saturated heterocycles. The lowest BCUT2D eigenvalue weighted by atomic mass is 10.0. The first-order valence-electron chi connectivity index (χ1n) is 7.35. The van der Waals surface area contributed by atoms with Crippen molar-refractivity contribution < 1.29 is 4.79 Å². The molecule has 2 heterocycles. The number of piperidine rings is 1. The van der Waals surface area contributed by atoms with E-state index >= 15 is 0 Å². The lowest BCUT2D eigenvalue weighted by molar-refractivity contribution is -0.123. The fourth-order valence-electron chi connectivity index (χ4n) is 3.03. The summed E-state index contributed by atoms with van der Waals surface area (Å²) >= 11 is 0. The Labute approximate surface area is 110 Å². The number of carbonyl (C=O) groups is 1. The first kappa shape index (κ1) is 13.8. The molecule has 0 aromatic heterocycles. The van der Waals surface area contributed by atoms with Crippen molar-refractivity contribution in [2.45, 2.75) is 44.6 Å². The van der Waals surface area contributed by atoms with E-state index in [4.69, 9.17) is 5.73 Å². The van der Waals surface area contributed by atoms with Crippen molar-refractivity contribution in [3.8, 4) is 0 Å². The molecule has 0 spiro atoms. The predicted octanol–water partition coefficient (Wildman–Crippen LogP) is 1.02. The van der Waals surface area contributed by atoms with Crippen LogP contribution in [0.4, 0.5) is 0 Å². The third kappa shape index (κ3) is 3.95. The van der Waals surface area contributed by atoms with Crippen LogP contribution >= 0.6 is 0 Å². The van der Waals surface area contributed by atoms with Gasteiger partial charge in [-0.2, -0.15) is 0 Å². The highest BCUT2D eigenvalue weighted by Crippen LogP contribution is 2.16. The van der Waals surface area contributed by atoms with Crippen molar-refractivity contribution in [1.29, 1.82) is 0 Å². The summed E-state index contributed by atoms with van der Waals surface area (Å²) in [7, 11) is 0. The smallest absolute Gasteiger partial charge is 0.234 e. The van der Waals surface area contributed by atoms with Crippen molar-refractivity contribution in [3.05, 3.63) is 6.42 Å². The monoisotopic (exact) mass is 252 g/mol. The van der Waals surface area contributed by atoms with Gasteiger partial charge in [-0.1, -0.05) is 12.8 Å². The molecule has 1 atom stereocenters. The zero-order valence-corrected chi connectivity index (χ0v) is 11.3. The highest BCUT2D eigenvalue weighted by Gasteiger charge is 2.26. The van der Waals surface area contributed by atoms with Crippen LogP contribution in [-0.2, 0) is 4.79 Å². The van der Waals surface area contributed by atoms with Gasteiger partial charge in [0.25, 0.3) is 0 Å². The summed E-state index contributed by atoms with van der Waals surface area (Å²) in [6, 6.07) is -0.0641. The van der Waals surface area contributed by atoms with Gasteiger partial charge in [0, 0.05) is 13.1 Å². The van der Waals surface area contributed by atoms with E-state index in [1.54, 1.807) is 0 Å². The molecule has 18 heavy (non-hydrogen) atoms. The Morgan fingerprint density at radius 3 is 2.50 bits per heavy atom. The minimum absolute atomic E-state index is 0.0641. The van der Waals surface area contributed by atoms with E-state index in [1.807, 2.05) is 0 Å². The number of amides is 1. The summed E-state index contributed by atoms with van der Waals surface area (Å²) in [5.41, 5.74) is 5.48. The van der Waals surface area contributed by atoms with E-state index in [0.29, 0.717) is 0 Å². The summed E-state index contributed by atoms with van der Waals surface area (Å²) in [4.78, 5) is 16.2. The number of nitrogens with two attached hydrogens (primary N) is 1. The van der Waals surface area contributed by atoms with Crippen molar-refractivity contribution in [1.82, 2.24) is 9.80 Å². The lowest BCUT2D eigenvalue weighted by Gasteiger charge is -2.35. The third-order valence-corrected chi connectivity index (χ3v) is 4.18. The normalized spacial score (nSPS) is 27.9. The minimum atomic E-state index is -0.165. The molecule has 2 fully saturated rings. The molecular formula is C14H26N3O. The van der Waals surface area contributed by atoms with E-state index in [1.165, 1.54) is 38.8 Å². The number of carbonyl (C=O) groups excluding carboxylic acids is 1. The number of likely N-dealkylation sites (tertiary alicyclic amines) is 2. The SMILES string of the molecule is NC(=O)C1C[CH]CCN1CCN1CCCCCC1. The standard InChI is InChI=1S/C14H26N3O/c15-14(18)13-7-3-6-10-17(13)12-11-16-8-4-1-2-5-9-16/h3,13H,1-2,4-12H2,(H2,15,18). The van der Waals surface area contributed by atoms with Crippen LogP contribution < -0.4 is 5.73 Å². The Hall–Kier alpha value is -0.610. The predicted molar refractivity (Wildman–Crippen MR) is 73.0 cm³/mol. The van der Waals surface area contributed by atoms with Gasteiger partial charge in [0.1, 0.15) is 0 Å². The fourth-order valence-corrected chi connectivity index (χ4v) is 3.03. The summed E-state index contributed by atoms with van der Waals surface area (Å²) in [5.74, 6) is -0.165. The maximum atomic E-state index is 11.4. The first-order chi connectivity index (χ1) is 8.77. The van der Waals surface area contributed by atoms with Crippen molar-refractivity contribution in [2.75, 3.05) is 32.7 Å². The molecule has 0 saturated carbocycles. The van der Waals surface area contributed by atoms with E-state index < -0.39 is 0 Å². The second-order valence-corrected chi connectivity index (χ2v) is 5.52. The van der Waals surface area contributed by atoms with E-state index in [2.05, 4.69) is 16.2 Å². The summed E-state index contributed by atoms with van der Waals surface area (Å²) in [5, 5.41) is 0. The third-order valence-electron chi connectivity index (χ3n) is 4.18. The van der Waals surface area contributed by atoms with Gasteiger partial charge in [0.05, 0.1) is 6.04 Å². The molecule has 4 nitrogen and oxygen atoms in total. The molecule has 0 aromatic carbocycles. The Morgan fingerprint density at radius 1 is 1.11 bits per heavy atom. The van der Waals surface area contributed by atoms with Gasteiger partial charge in [-0.25, -0.2) is 0 Å². The quantitative estimate of drug-likeness (QED) is 0.812. The lowest BCUT2D eigenvalue weighted by Crippen LogP contribution is -2.50. The molecule has 1 unspecified atom stereocenters. The average molecular weight is 252 g/mol. The van der Waals surface area contributed by atoms with Gasteiger partial charge in [0.15, 0.2) is 0 Å². The van der Waals surface area contributed by atoms with Gasteiger partial charge in [-0.3, -0.25) is 9.69 Å². The summed E-state index contributed by atoms with van der Waals surface area (Å²) in [6.45, 7) is 5.51. The molecule has 2 N–H and O–H groups in total. The van der Waals surface area contributed by atoms with Crippen molar-refractivity contribution in [3.63, 3.8) is 0 Å². The topological polar surface area (TPSA) is 49.6 Å². The number of nitrogens with zero attached hydrogens (tertiary/aromatic N) is 2. The van der Waals surface area contributed by atoms with Gasteiger partial charge < -0.3 is 10.6 Å². The molecule has 1 amide bonds. The first-order valence-corrected chi connectivity index (χ1v) is 7.35. The Bertz CT molecular complexity index is 262. The zero-order chi connectivity index (χ0) is 12.8. The Balaban J connectivity index is 1.78. The molecule has 2 aliphatic heterocycles. The highest BCUT2D eigenvalue weighted by atomic mass is 16.1. The second-order valence-electron chi connectivity index (χ2n) is 5.52. The molecule has 1 radical (unpaired) electrons. The molecule has 0 bridgehead atoms. The van der Waals surface area contributed by atoms with Crippen LogP contribution in [0.15, 0.2) is 0 Å². The second kappa shape index (κ2) is 7.10. The minimum Gasteiger partial charge on any atom is -0.368 e. The van der Waals surface area contributed by atoms with Crippen LogP contribution in [0.2, 0.25) is 0 Å². The molecule has 103 valence electrons. The van der Waals surface area contributed by atoms with E-state index in [0.717, 1.165) is 32.5 Å². The summed E-state index contributed by atoms with van der Waals surface area (Å²) in [6.07, 6.45) is 9.51. The van der Waals surface area contributed by atoms with Crippen LogP contribution in [0.3, 0.4) is 0 Å². The largest absolute Gasteiger partial charge is 0.368 e.